The van der Waals surface area contributed by atoms with E-state index in [0.29, 0.717) is 27.6 Å². The van der Waals surface area contributed by atoms with Crippen LogP contribution in [0.3, 0.4) is 0 Å². The molecule has 3 rings (SSSR count). The average Bonchev–Trinajstić information content (AvgIpc) is 2.97. The van der Waals surface area contributed by atoms with Crippen LogP contribution >= 0.6 is 27.3 Å². The fraction of sp³-hybridized carbons (Fsp3) is 0.0667. The summed E-state index contributed by atoms with van der Waals surface area (Å²) in [5, 5.41) is 3.44. The third-order valence-electron chi connectivity index (χ3n) is 3.17. The molecule has 3 aromatic rings. The van der Waals surface area contributed by atoms with Crippen LogP contribution in [0.5, 0.6) is 5.75 Å². The lowest BCUT2D eigenvalue weighted by atomic mass is 10.2. The maximum atomic E-state index is 12.3. The van der Waals surface area contributed by atoms with E-state index in [1.165, 1.54) is 11.3 Å². The van der Waals surface area contributed by atoms with Gasteiger partial charge >= 0.3 is 0 Å². The minimum Gasteiger partial charge on any atom is -0.494 e. The lowest BCUT2D eigenvalue weighted by Crippen LogP contribution is -2.11. The normalized spacial score (nSPS) is 10.6. The summed E-state index contributed by atoms with van der Waals surface area (Å²) >= 11 is 4.73. The summed E-state index contributed by atoms with van der Waals surface area (Å²) in [5.41, 5.74) is 4.42. The van der Waals surface area contributed by atoms with Crippen LogP contribution in [-0.2, 0) is 0 Å². The summed E-state index contributed by atoms with van der Waals surface area (Å²) in [7, 11) is 1.56. The van der Waals surface area contributed by atoms with Crippen molar-refractivity contribution in [2.75, 3.05) is 17.9 Å². The second kappa shape index (κ2) is 6.53. The number of methoxy groups -OCH3 is 1. The first-order valence-electron chi connectivity index (χ1n) is 6.63. The molecule has 0 unspecified atom stereocenters. The zero-order valence-electron chi connectivity index (χ0n) is 12.1. The molecule has 0 fully saturated rings. The minimum absolute atomic E-state index is 0.194. The SMILES string of the molecule is COc1cc(NC(=O)c2ccc(Br)cc2)cc2sc(NN)nc12. The van der Waals surface area contributed by atoms with Gasteiger partial charge in [-0.3, -0.25) is 10.2 Å². The molecule has 23 heavy (non-hydrogen) atoms. The molecule has 0 aliphatic rings. The van der Waals surface area contributed by atoms with Crippen molar-refractivity contribution in [1.82, 2.24) is 4.98 Å². The lowest BCUT2D eigenvalue weighted by Gasteiger charge is -2.08. The van der Waals surface area contributed by atoms with Crippen LogP contribution in [0.1, 0.15) is 10.4 Å². The molecule has 0 bridgehead atoms. The fourth-order valence-corrected chi connectivity index (χ4v) is 3.19. The first-order chi connectivity index (χ1) is 11.1. The van der Waals surface area contributed by atoms with E-state index in [0.717, 1.165) is 9.17 Å². The number of nitrogens with two attached hydrogens (primary N) is 1. The number of nitrogens with one attached hydrogen (secondary N) is 2. The molecule has 4 N–H and O–H groups in total. The van der Waals surface area contributed by atoms with E-state index in [9.17, 15) is 4.79 Å². The van der Waals surface area contributed by atoms with Crippen molar-refractivity contribution in [2.24, 2.45) is 5.84 Å². The number of nitrogen functional groups attached to an aromatic ring is 1. The Morgan fingerprint density at radius 1 is 1.30 bits per heavy atom. The number of carbonyl (C=O) groups is 1. The van der Waals surface area contributed by atoms with Crippen LogP contribution in [0, 0.1) is 0 Å². The molecule has 8 heteroatoms. The molecule has 1 aromatic heterocycles. The van der Waals surface area contributed by atoms with Gasteiger partial charge in [0, 0.05) is 21.8 Å². The van der Waals surface area contributed by atoms with Crippen molar-refractivity contribution in [1.29, 1.82) is 0 Å². The predicted molar refractivity (Wildman–Crippen MR) is 96.1 cm³/mol. The molecule has 0 saturated heterocycles. The number of fused-ring (bicyclic) bond motifs is 1. The number of anilines is 2. The highest BCUT2D eigenvalue weighted by atomic mass is 79.9. The molecule has 6 nitrogen and oxygen atoms in total. The largest absolute Gasteiger partial charge is 0.494 e. The highest BCUT2D eigenvalue weighted by molar-refractivity contribution is 9.10. The summed E-state index contributed by atoms with van der Waals surface area (Å²) in [6.07, 6.45) is 0. The van der Waals surface area contributed by atoms with Crippen LogP contribution in [0.2, 0.25) is 0 Å². The molecular formula is C15H13BrN4O2S. The van der Waals surface area contributed by atoms with E-state index in [4.69, 9.17) is 10.6 Å². The number of benzene rings is 2. The van der Waals surface area contributed by atoms with Gasteiger partial charge in [-0.2, -0.15) is 0 Å². The Morgan fingerprint density at radius 2 is 2.04 bits per heavy atom. The number of hydrogen-bond donors (Lipinski definition) is 3. The number of ether oxygens (including phenoxy) is 1. The molecule has 0 aliphatic carbocycles. The highest BCUT2D eigenvalue weighted by Gasteiger charge is 2.13. The number of rotatable bonds is 4. The molecular weight excluding hydrogens is 380 g/mol. The van der Waals surface area contributed by atoms with E-state index < -0.39 is 0 Å². The maximum Gasteiger partial charge on any atom is 0.255 e. The monoisotopic (exact) mass is 392 g/mol. The quantitative estimate of drug-likeness (QED) is 0.466. The van der Waals surface area contributed by atoms with Crippen LogP contribution in [0.4, 0.5) is 10.8 Å². The summed E-state index contributed by atoms with van der Waals surface area (Å²) in [6, 6.07) is 10.7. The number of halogens is 1. The van der Waals surface area contributed by atoms with E-state index in [2.05, 4.69) is 31.7 Å². The van der Waals surface area contributed by atoms with Crippen molar-refractivity contribution in [3.8, 4) is 5.75 Å². The minimum atomic E-state index is -0.194. The van der Waals surface area contributed by atoms with Crippen molar-refractivity contribution in [2.45, 2.75) is 0 Å². The van der Waals surface area contributed by atoms with Gasteiger partial charge in [0.25, 0.3) is 5.91 Å². The van der Waals surface area contributed by atoms with Crippen LogP contribution in [0.25, 0.3) is 10.2 Å². The topological polar surface area (TPSA) is 89.3 Å². The zero-order chi connectivity index (χ0) is 16.4. The Hall–Kier alpha value is -2.16. The van der Waals surface area contributed by atoms with Crippen molar-refractivity contribution < 1.29 is 9.53 Å². The third-order valence-corrected chi connectivity index (χ3v) is 4.63. The fourth-order valence-electron chi connectivity index (χ4n) is 2.09. The van der Waals surface area contributed by atoms with Gasteiger partial charge in [-0.1, -0.05) is 27.3 Å². The number of thiazole rings is 1. The Morgan fingerprint density at radius 3 is 2.70 bits per heavy atom. The van der Waals surface area contributed by atoms with E-state index >= 15 is 0 Å². The van der Waals surface area contributed by atoms with E-state index in [-0.39, 0.29) is 5.91 Å². The van der Waals surface area contributed by atoms with Gasteiger partial charge in [-0.05, 0) is 30.3 Å². The van der Waals surface area contributed by atoms with Gasteiger partial charge in [0.1, 0.15) is 11.3 Å². The number of aromatic nitrogens is 1. The lowest BCUT2D eigenvalue weighted by molar-refractivity contribution is 0.102. The van der Waals surface area contributed by atoms with Crippen molar-refractivity contribution >= 4 is 54.2 Å². The van der Waals surface area contributed by atoms with Gasteiger partial charge in [-0.15, -0.1) is 0 Å². The number of amides is 1. The van der Waals surface area contributed by atoms with Gasteiger partial charge < -0.3 is 10.1 Å². The molecule has 1 heterocycles. The van der Waals surface area contributed by atoms with E-state index in [1.54, 1.807) is 25.3 Å². The van der Waals surface area contributed by atoms with Gasteiger partial charge in [0.05, 0.1) is 11.8 Å². The zero-order valence-corrected chi connectivity index (χ0v) is 14.5. The van der Waals surface area contributed by atoms with Crippen molar-refractivity contribution in [3.63, 3.8) is 0 Å². The third kappa shape index (κ3) is 3.29. The molecule has 0 atom stereocenters. The molecule has 1 amide bonds. The molecule has 0 spiro atoms. The Bertz CT molecular complexity index is 864. The number of nitrogens with zero attached hydrogens (tertiary/aromatic N) is 1. The maximum absolute atomic E-state index is 12.3. The Labute approximate surface area is 144 Å². The van der Waals surface area contributed by atoms with Crippen LogP contribution < -0.4 is 21.3 Å². The summed E-state index contributed by atoms with van der Waals surface area (Å²) in [6.45, 7) is 0. The van der Waals surface area contributed by atoms with Crippen molar-refractivity contribution in [3.05, 3.63) is 46.4 Å². The van der Waals surface area contributed by atoms with Gasteiger partial charge in [0.15, 0.2) is 5.13 Å². The second-order valence-electron chi connectivity index (χ2n) is 4.65. The molecule has 0 saturated carbocycles. The smallest absolute Gasteiger partial charge is 0.255 e. The summed E-state index contributed by atoms with van der Waals surface area (Å²) in [4.78, 5) is 16.6. The standard InChI is InChI=1S/C15H13BrN4O2S/c1-22-11-6-10(7-12-13(11)19-15(20-17)23-12)18-14(21)8-2-4-9(16)5-3-8/h2-7H,17H2,1H3,(H,18,21)(H,19,20). The molecule has 2 aromatic carbocycles. The highest BCUT2D eigenvalue weighted by Crippen LogP contribution is 2.35. The molecule has 0 radical (unpaired) electrons. The van der Waals surface area contributed by atoms with Gasteiger partial charge in [-0.25, -0.2) is 10.8 Å². The number of hydrazine groups is 1. The van der Waals surface area contributed by atoms with Crippen LogP contribution in [-0.4, -0.2) is 18.0 Å². The average molecular weight is 393 g/mol. The second-order valence-corrected chi connectivity index (χ2v) is 6.60. The number of hydrogen-bond acceptors (Lipinski definition) is 6. The van der Waals surface area contributed by atoms with E-state index in [1.807, 2.05) is 18.2 Å². The molecule has 0 aliphatic heterocycles. The van der Waals surface area contributed by atoms with Crippen LogP contribution in [0.15, 0.2) is 40.9 Å². The first kappa shape index (κ1) is 15.7. The number of carbonyl (C=O) groups excluding carboxylic acids is 1. The Balaban J connectivity index is 1.93. The predicted octanol–water partition coefficient (Wildman–Crippen LogP) is 3.61. The molecule has 118 valence electrons. The first-order valence-corrected chi connectivity index (χ1v) is 8.24. The Kier molecular flexibility index (Phi) is 4.46. The van der Waals surface area contributed by atoms with Gasteiger partial charge in [0.2, 0.25) is 0 Å². The summed E-state index contributed by atoms with van der Waals surface area (Å²) in [5.74, 6) is 5.78. The summed E-state index contributed by atoms with van der Waals surface area (Å²) < 4.78 is 7.13.